The highest BCUT2D eigenvalue weighted by Crippen LogP contribution is 2.30. The van der Waals surface area contributed by atoms with Crippen LogP contribution in [-0.2, 0) is 10.0 Å². The van der Waals surface area contributed by atoms with Crippen LogP contribution in [-0.4, -0.2) is 40.8 Å². The van der Waals surface area contributed by atoms with Gasteiger partial charge >= 0.3 is 0 Å². The molecule has 0 atom stereocenters. The van der Waals surface area contributed by atoms with E-state index in [1.165, 1.54) is 40.2 Å². The van der Waals surface area contributed by atoms with Crippen LogP contribution in [0.1, 0.15) is 25.1 Å². The average molecular weight is 510 g/mol. The van der Waals surface area contributed by atoms with Crippen molar-refractivity contribution in [2.75, 3.05) is 11.4 Å². The summed E-state index contributed by atoms with van der Waals surface area (Å²) in [6.07, 6.45) is 3.13. The van der Waals surface area contributed by atoms with Crippen LogP contribution in [0.2, 0.25) is 0 Å². The monoisotopic (exact) mass is 509 g/mol. The van der Waals surface area contributed by atoms with Crippen molar-refractivity contribution in [3.8, 4) is 11.3 Å². The standard InChI is InChI=1S/C23H19N5O3S3/c1-14-23(26-15(2)33-14)34(30,31)27(3)17-7-4-6-16(12-17)19-9-10-24-22-18(13-25-28(19)22)21(29)20-8-5-11-32-20/h4-13H,1-3H3. The number of fused-ring (bicyclic) bond motifs is 1. The van der Waals surface area contributed by atoms with Gasteiger partial charge in [-0.15, -0.1) is 22.7 Å². The molecule has 11 heteroatoms. The number of sulfonamides is 1. The smallest absolute Gasteiger partial charge is 0.282 e. The summed E-state index contributed by atoms with van der Waals surface area (Å²) in [5.41, 5.74) is 2.75. The van der Waals surface area contributed by atoms with Crippen LogP contribution < -0.4 is 4.31 Å². The number of benzene rings is 1. The second-order valence-electron chi connectivity index (χ2n) is 7.55. The quantitative estimate of drug-likeness (QED) is 0.311. The van der Waals surface area contributed by atoms with Crippen LogP contribution in [0.4, 0.5) is 5.69 Å². The second-order valence-corrected chi connectivity index (χ2v) is 11.8. The van der Waals surface area contributed by atoms with Crippen molar-refractivity contribution in [2.45, 2.75) is 18.9 Å². The van der Waals surface area contributed by atoms with E-state index in [0.717, 1.165) is 5.56 Å². The van der Waals surface area contributed by atoms with Crippen molar-refractivity contribution < 1.29 is 13.2 Å². The van der Waals surface area contributed by atoms with E-state index in [9.17, 15) is 13.2 Å². The minimum atomic E-state index is -3.82. The van der Waals surface area contributed by atoms with Crippen LogP contribution in [0, 0.1) is 13.8 Å². The van der Waals surface area contributed by atoms with Gasteiger partial charge in [0, 0.05) is 23.7 Å². The maximum absolute atomic E-state index is 13.2. The Morgan fingerprint density at radius 2 is 1.94 bits per heavy atom. The molecule has 5 aromatic rings. The third kappa shape index (κ3) is 3.71. The molecule has 8 nitrogen and oxygen atoms in total. The number of ketones is 1. The number of rotatable bonds is 6. The Balaban J connectivity index is 1.56. The molecule has 0 saturated carbocycles. The lowest BCUT2D eigenvalue weighted by Gasteiger charge is -2.19. The van der Waals surface area contributed by atoms with E-state index in [4.69, 9.17) is 0 Å². The number of carbonyl (C=O) groups excluding carboxylic acids is 1. The molecular formula is C23H19N5O3S3. The van der Waals surface area contributed by atoms with Crippen molar-refractivity contribution in [1.82, 2.24) is 19.6 Å². The largest absolute Gasteiger partial charge is 0.287 e. The molecule has 4 aromatic heterocycles. The molecule has 172 valence electrons. The van der Waals surface area contributed by atoms with Gasteiger partial charge in [0.15, 0.2) is 10.7 Å². The summed E-state index contributed by atoms with van der Waals surface area (Å²) in [4.78, 5) is 22.8. The lowest BCUT2D eigenvalue weighted by molar-refractivity contribution is 0.104. The second kappa shape index (κ2) is 8.42. The van der Waals surface area contributed by atoms with Crippen LogP contribution in [0.5, 0.6) is 0 Å². The summed E-state index contributed by atoms with van der Waals surface area (Å²) in [5.74, 6) is -0.136. The molecule has 0 radical (unpaired) electrons. The van der Waals surface area contributed by atoms with E-state index in [-0.39, 0.29) is 10.8 Å². The number of hydrogen-bond acceptors (Lipinski definition) is 8. The SMILES string of the molecule is Cc1nc(S(=O)(=O)N(C)c2cccc(-c3ccnc4c(C(=O)c5cccs5)cnn34)c2)c(C)s1. The number of hydrogen-bond donors (Lipinski definition) is 0. The van der Waals surface area contributed by atoms with Gasteiger partial charge in [-0.05, 0) is 43.5 Å². The first-order valence-electron chi connectivity index (χ1n) is 10.2. The summed E-state index contributed by atoms with van der Waals surface area (Å²) in [6.45, 7) is 3.54. The van der Waals surface area contributed by atoms with E-state index in [1.54, 1.807) is 54.9 Å². The molecule has 0 spiro atoms. The third-order valence-corrected chi connectivity index (χ3v) is 9.06. The first-order chi connectivity index (χ1) is 16.3. The number of thiophene rings is 1. The van der Waals surface area contributed by atoms with Gasteiger partial charge in [-0.2, -0.15) is 13.5 Å². The zero-order valence-electron chi connectivity index (χ0n) is 18.5. The molecule has 0 aliphatic heterocycles. The van der Waals surface area contributed by atoms with Gasteiger partial charge in [0.05, 0.1) is 33.0 Å². The van der Waals surface area contributed by atoms with Crippen molar-refractivity contribution in [2.24, 2.45) is 0 Å². The van der Waals surface area contributed by atoms with Crippen LogP contribution in [0.3, 0.4) is 0 Å². The number of anilines is 1. The lowest BCUT2D eigenvalue weighted by atomic mass is 10.1. The summed E-state index contributed by atoms with van der Waals surface area (Å²) in [6, 6.07) is 12.5. The Bertz CT molecular complexity index is 1640. The Labute approximate surface area is 204 Å². The highest BCUT2D eigenvalue weighted by atomic mass is 32.2. The van der Waals surface area contributed by atoms with Gasteiger partial charge in [0.1, 0.15) is 0 Å². The number of aryl methyl sites for hydroxylation is 2. The first-order valence-corrected chi connectivity index (χ1v) is 13.4. The predicted octanol–water partition coefficient (Wildman–Crippen LogP) is 4.59. The molecular weight excluding hydrogens is 490 g/mol. The van der Waals surface area contributed by atoms with Crippen molar-refractivity contribution >= 4 is 49.8 Å². The topological polar surface area (TPSA) is 97.5 Å². The molecule has 0 N–H and O–H groups in total. The predicted molar refractivity (Wildman–Crippen MR) is 133 cm³/mol. The summed E-state index contributed by atoms with van der Waals surface area (Å²) < 4.78 is 29.3. The fourth-order valence-electron chi connectivity index (χ4n) is 3.69. The van der Waals surface area contributed by atoms with Crippen molar-refractivity contribution in [3.05, 3.63) is 80.6 Å². The van der Waals surface area contributed by atoms with E-state index >= 15 is 0 Å². The fourth-order valence-corrected chi connectivity index (χ4v) is 6.85. The van der Waals surface area contributed by atoms with E-state index in [0.29, 0.717) is 37.4 Å². The molecule has 0 amide bonds. The number of thiazole rings is 1. The van der Waals surface area contributed by atoms with Crippen molar-refractivity contribution in [3.63, 3.8) is 0 Å². The van der Waals surface area contributed by atoms with Crippen molar-refractivity contribution in [1.29, 1.82) is 0 Å². The molecule has 0 unspecified atom stereocenters. The zero-order chi connectivity index (χ0) is 24.0. The molecule has 0 saturated heterocycles. The van der Waals surface area contributed by atoms with Gasteiger partial charge < -0.3 is 0 Å². The molecule has 34 heavy (non-hydrogen) atoms. The number of aromatic nitrogens is 4. The van der Waals surface area contributed by atoms with E-state index in [1.807, 2.05) is 17.5 Å². The van der Waals surface area contributed by atoms with Gasteiger partial charge in [-0.3, -0.25) is 9.10 Å². The maximum atomic E-state index is 13.2. The van der Waals surface area contributed by atoms with Gasteiger partial charge in [-0.25, -0.2) is 14.5 Å². The Hall–Kier alpha value is -3.41. The molecule has 0 fully saturated rings. The van der Waals surface area contributed by atoms with E-state index in [2.05, 4.69) is 15.1 Å². The van der Waals surface area contributed by atoms with E-state index < -0.39 is 10.0 Å². The minimum absolute atomic E-state index is 0.0676. The van der Waals surface area contributed by atoms with Crippen LogP contribution in [0.25, 0.3) is 16.9 Å². The number of carbonyl (C=O) groups is 1. The normalized spacial score (nSPS) is 11.7. The molecule has 4 heterocycles. The van der Waals surface area contributed by atoms with Crippen LogP contribution in [0.15, 0.2) is 65.3 Å². The Morgan fingerprint density at radius 1 is 1.12 bits per heavy atom. The maximum Gasteiger partial charge on any atom is 0.282 e. The Kier molecular flexibility index (Phi) is 5.54. The van der Waals surface area contributed by atoms with Gasteiger partial charge in [-0.1, -0.05) is 18.2 Å². The highest BCUT2D eigenvalue weighted by molar-refractivity contribution is 7.92. The molecule has 5 rings (SSSR count). The summed E-state index contributed by atoms with van der Waals surface area (Å²) in [7, 11) is -2.31. The zero-order valence-corrected chi connectivity index (χ0v) is 20.9. The molecule has 1 aromatic carbocycles. The Morgan fingerprint density at radius 3 is 2.65 bits per heavy atom. The summed E-state index contributed by atoms with van der Waals surface area (Å²) >= 11 is 2.72. The highest BCUT2D eigenvalue weighted by Gasteiger charge is 2.27. The first kappa shape index (κ1) is 22.4. The van der Waals surface area contributed by atoms with Gasteiger partial charge in [0.2, 0.25) is 5.78 Å². The summed E-state index contributed by atoms with van der Waals surface area (Å²) in [5, 5.41) is 7.02. The molecule has 0 aliphatic rings. The minimum Gasteiger partial charge on any atom is -0.287 e. The third-order valence-electron chi connectivity index (χ3n) is 5.36. The average Bonchev–Trinajstić information content (AvgIpc) is 3.58. The van der Waals surface area contributed by atoms with Gasteiger partial charge in [0.25, 0.3) is 10.0 Å². The lowest BCUT2D eigenvalue weighted by Crippen LogP contribution is -2.27. The number of nitrogens with zero attached hydrogens (tertiary/aromatic N) is 5. The van der Waals surface area contributed by atoms with Crippen LogP contribution >= 0.6 is 22.7 Å². The molecule has 0 bridgehead atoms. The molecule has 0 aliphatic carbocycles. The fraction of sp³-hybridized carbons (Fsp3) is 0.130.